The molecule has 1 aliphatic rings. The number of carbonyl (C=O) groups excluding carboxylic acids is 9. The highest BCUT2D eigenvalue weighted by atomic mass is 16.7. The normalized spacial score (nSPS) is 14.6. The Kier molecular flexibility index (Phi) is 15.1. The van der Waals surface area contributed by atoms with Crippen LogP contribution in [0.5, 0.6) is 0 Å². The number of esters is 1. The first kappa shape index (κ1) is 45.6. The summed E-state index contributed by atoms with van der Waals surface area (Å²) in [7, 11) is 0. The molecule has 4 N–H and O–H groups in total. The zero-order valence-corrected chi connectivity index (χ0v) is 33.2. The van der Waals surface area contributed by atoms with Crippen LogP contribution in [-0.2, 0) is 59.0 Å². The summed E-state index contributed by atoms with van der Waals surface area (Å²) in [6, 6.07) is -2.86. The summed E-state index contributed by atoms with van der Waals surface area (Å²) in [5.41, 5.74) is -4.17. The van der Waals surface area contributed by atoms with E-state index >= 15 is 0 Å². The Morgan fingerprint density at radius 2 is 1.31 bits per heavy atom. The second-order valence-electron chi connectivity index (χ2n) is 16.2. The van der Waals surface area contributed by atoms with E-state index in [9.17, 15) is 43.2 Å². The summed E-state index contributed by atoms with van der Waals surface area (Å²) < 4.78 is 17.0. The summed E-state index contributed by atoms with van der Waals surface area (Å²) >= 11 is 0. The van der Waals surface area contributed by atoms with Gasteiger partial charge in [0.15, 0.2) is 0 Å². The van der Waals surface area contributed by atoms with E-state index in [0.717, 1.165) is 4.57 Å². The molecule has 0 unspecified atom stereocenters. The topological polar surface area (TPSA) is 260 Å². The molecule has 1 aliphatic heterocycles. The Hall–Kier alpha value is -5.56. The van der Waals surface area contributed by atoms with Gasteiger partial charge in [-0.1, -0.05) is 0 Å². The molecule has 1 saturated heterocycles. The predicted molar refractivity (Wildman–Crippen MR) is 190 cm³/mol. The lowest BCUT2D eigenvalue weighted by Gasteiger charge is -2.30. The molecule has 0 spiro atoms. The lowest BCUT2D eigenvalue weighted by molar-refractivity contribution is -0.196. The maximum atomic E-state index is 13.7. The fourth-order valence-electron chi connectivity index (χ4n) is 4.54. The fourth-order valence-corrected chi connectivity index (χ4v) is 4.54. The van der Waals surface area contributed by atoms with Gasteiger partial charge in [0, 0.05) is 31.9 Å². The van der Waals surface area contributed by atoms with E-state index in [0.29, 0.717) is 5.06 Å². The van der Waals surface area contributed by atoms with Gasteiger partial charge in [-0.25, -0.2) is 23.9 Å². The number of imide groups is 1. The van der Waals surface area contributed by atoms with Crippen molar-refractivity contribution in [1.29, 1.82) is 0 Å². The van der Waals surface area contributed by atoms with Crippen molar-refractivity contribution < 1.29 is 62.2 Å². The summed E-state index contributed by atoms with van der Waals surface area (Å²) in [5.74, 6) is -6.03. The number of hydrogen-bond donors (Lipinski definition) is 4. The quantitative estimate of drug-likeness (QED) is 0.118. The average molecular weight is 780 g/mol. The number of ether oxygens (including phenoxy) is 3. The van der Waals surface area contributed by atoms with Crippen LogP contribution in [0.2, 0.25) is 0 Å². The molecule has 1 fully saturated rings. The summed E-state index contributed by atoms with van der Waals surface area (Å²) in [6.45, 7) is 16.6. The third-order valence-electron chi connectivity index (χ3n) is 6.95. The summed E-state index contributed by atoms with van der Waals surface area (Å²) in [5, 5.41) is 9.99. The third kappa shape index (κ3) is 16.1. The number of amides is 6. The first-order chi connectivity index (χ1) is 25.0. The Balaban J connectivity index is 2.25. The molecule has 20 nitrogen and oxygen atoms in total. The molecule has 1 aromatic rings. The van der Waals surface area contributed by atoms with Gasteiger partial charge in [-0.3, -0.25) is 28.8 Å². The molecule has 0 saturated carbocycles. The lowest BCUT2D eigenvalue weighted by atomic mass is 10.0. The van der Waals surface area contributed by atoms with Gasteiger partial charge in [0.1, 0.15) is 47.3 Å². The van der Waals surface area contributed by atoms with Crippen molar-refractivity contribution in [2.24, 2.45) is 0 Å². The van der Waals surface area contributed by atoms with E-state index in [4.69, 9.17) is 19.0 Å². The Labute approximate surface area is 319 Å². The van der Waals surface area contributed by atoms with Crippen molar-refractivity contribution in [3.8, 4) is 0 Å². The minimum absolute atomic E-state index is 0.139. The second-order valence-corrected chi connectivity index (χ2v) is 16.2. The minimum atomic E-state index is -1.78. The first-order valence-corrected chi connectivity index (χ1v) is 17.5. The Morgan fingerprint density at radius 1 is 0.745 bits per heavy atom. The number of rotatable bonds is 14. The summed E-state index contributed by atoms with van der Waals surface area (Å²) in [4.78, 5) is 123. The summed E-state index contributed by atoms with van der Waals surface area (Å²) in [6.07, 6.45) is -0.394. The number of aromatic nitrogens is 2. The number of nitrogens with one attached hydrogen (secondary N) is 4. The van der Waals surface area contributed by atoms with Crippen LogP contribution in [-0.4, -0.2) is 109 Å². The molecule has 2 heterocycles. The molecule has 55 heavy (non-hydrogen) atoms. The van der Waals surface area contributed by atoms with Crippen molar-refractivity contribution in [2.75, 3.05) is 6.54 Å². The molecule has 20 heteroatoms. The number of alkyl carbamates (subject to hydrolysis) is 1. The van der Waals surface area contributed by atoms with E-state index in [-0.39, 0.29) is 37.8 Å². The fraction of sp³-hybridized carbons (Fsp3) is 0.657. The monoisotopic (exact) mass is 779 g/mol. The van der Waals surface area contributed by atoms with Gasteiger partial charge in [-0.15, -0.1) is 5.06 Å². The van der Waals surface area contributed by atoms with Crippen molar-refractivity contribution in [1.82, 2.24) is 35.9 Å². The zero-order chi connectivity index (χ0) is 42.1. The van der Waals surface area contributed by atoms with Crippen LogP contribution in [0, 0.1) is 0 Å². The smallest absolute Gasteiger partial charge is 0.419 e. The number of hydroxylamine groups is 2. The highest BCUT2D eigenvalue weighted by Crippen LogP contribution is 2.15. The lowest BCUT2D eigenvalue weighted by Crippen LogP contribution is -2.62. The van der Waals surface area contributed by atoms with Crippen LogP contribution in [0.3, 0.4) is 0 Å². The van der Waals surface area contributed by atoms with Gasteiger partial charge in [-0.2, -0.15) is 0 Å². The highest BCUT2D eigenvalue weighted by Gasteiger charge is 2.37. The van der Waals surface area contributed by atoms with Gasteiger partial charge in [-0.05, 0) is 82.6 Å². The van der Waals surface area contributed by atoms with Crippen molar-refractivity contribution in [2.45, 2.75) is 143 Å². The molecule has 0 radical (unpaired) electrons. The van der Waals surface area contributed by atoms with E-state index < -0.39 is 94.6 Å². The van der Waals surface area contributed by atoms with Gasteiger partial charge >= 0.3 is 24.1 Å². The van der Waals surface area contributed by atoms with Crippen LogP contribution in [0.4, 0.5) is 9.59 Å². The molecule has 0 aliphatic carbocycles. The van der Waals surface area contributed by atoms with Gasteiger partial charge in [0.25, 0.3) is 11.8 Å². The Morgan fingerprint density at radius 3 is 1.85 bits per heavy atom. The van der Waals surface area contributed by atoms with Gasteiger partial charge in [0.2, 0.25) is 17.7 Å². The largest absolute Gasteiger partial charge is 0.460 e. The second kappa shape index (κ2) is 18.2. The maximum Gasteiger partial charge on any atom is 0.419 e. The zero-order valence-electron chi connectivity index (χ0n) is 33.2. The Bertz CT molecular complexity index is 1630. The average Bonchev–Trinajstić information content (AvgIpc) is 3.60. The van der Waals surface area contributed by atoms with Crippen LogP contribution in [0.1, 0.15) is 108 Å². The standard InChI is InChI=1S/C35H53N7O13/c1-32(2,3)52-25(45)15-12-21(27(47)36-17-26(46)55-42-23(43)13-14-24(42)44)38-29(49)35(10,11)40-28(48)22(39-30(50)53-33(4,5)6)16-20-18-41(19-37-20)31(51)54-34(7,8)9/h18-19,21-22H,12-17H2,1-11H3,(H,36,47)(H,38,49)(H,39,50)(H,40,48)/t21-,22-/m0/s1. The van der Waals surface area contributed by atoms with Crippen molar-refractivity contribution in [3.05, 3.63) is 18.2 Å². The molecular formula is C35H53N7O13. The molecule has 6 amide bonds. The molecule has 306 valence electrons. The van der Waals surface area contributed by atoms with Crippen LogP contribution >= 0.6 is 0 Å². The van der Waals surface area contributed by atoms with Crippen molar-refractivity contribution >= 4 is 53.7 Å². The number of imidazole rings is 1. The van der Waals surface area contributed by atoms with Crippen molar-refractivity contribution in [3.63, 3.8) is 0 Å². The van der Waals surface area contributed by atoms with Gasteiger partial charge in [0.05, 0.1) is 5.69 Å². The van der Waals surface area contributed by atoms with Crippen LogP contribution in [0.25, 0.3) is 0 Å². The SMILES string of the molecule is CC(C)(C)OC(=O)CC[C@H](NC(=O)C(C)(C)NC(=O)[C@H](Cc1cn(C(=O)OC(C)(C)C)cn1)NC(=O)OC(C)(C)C)C(=O)NCC(=O)ON1C(=O)CCC1=O. The molecular weight excluding hydrogens is 726 g/mol. The van der Waals surface area contributed by atoms with E-state index in [1.54, 1.807) is 62.3 Å². The van der Waals surface area contributed by atoms with Crippen LogP contribution < -0.4 is 21.3 Å². The minimum Gasteiger partial charge on any atom is -0.460 e. The predicted octanol–water partition coefficient (Wildman–Crippen LogP) is 1.33. The molecule has 0 aromatic carbocycles. The van der Waals surface area contributed by atoms with E-state index in [1.807, 2.05) is 0 Å². The number of carbonyl (C=O) groups is 9. The number of nitrogens with zero attached hydrogens (tertiary/aromatic N) is 3. The third-order valence-corrected chi connectivity index (χ3v) is 6.95. The van der Waals surface area contributed by atoms with Crippen LogP contribution in [0.15, 0.2) is 12.5 Å². The first-order valence-electron chi connectivity index (χ1n) is 17.5. The molecule has 1 aromatic heterocycles. The molecule has 2 atom stereocenters. The van der Waals surface area contributed by atoms with E-state index in [1.165, 1.54) is 26.4 Å². The van der Waals surface area contributed by atoms with E-state index in [2.05, 4.69) is 26.3 Å². The maximum absolute atomic E-state index is 13.7. The molecule has 0 bridgehead atoms. The van der Waals surface area contributed by atoms with Gasteiger partial charge < -0.3 is 40.3 Å². The highest BCUT2D eigenvalue weighted by molar-refractivity contribution is 6.02. The number of hydrogen-bond acceptors (Lipinski definition) is 14. The molecule has 2 rings (SSSR count).